The van der Waals surface area contributed by atoms with Crippen molar-refractivity contribution in [3.8, 4) is 0 Å². The van der Waals surface area contributed by atoms with Crippen LogP contribution in [-0.4, -0.2) is 34.0 Å². The van der Waals surface area contributed by atoms with E-state index in [9.17, 15) is 0 Å². The first kappa shape index (κ1) is 11.2. The molecule has 2 atom stereocenters. The van der Waals surface area contributed by atoms with Gasteiger partial charge in [0.1, 0.15) is 11.6 Å². The Bertz CT molecular complexity index is 384. The quantitative estimate of drug-likeness (QED) is 0.852. The lowest BCUT2D eigenvalue weighted by molar-refractivity contribution is 0.0665. The molecule has 3 heterocycles. The fraction of sp³-hybridized carbons (Fsp3) is 0.833. The highest BCUT2D eigenvalue weighted by Gasteiger charge is 2.23. The molecule has 0 aromatic carbocycles. The summed E-state index contributed by atoms with van der Waals surface area (Å²) in [5.74, 6) is 2.23. The number of fused-ring (bicyclic) bond motifs is 1. The van der Waals surface area contributed by atoms with Gasteiger partial charge in [0, 0.05) is 25.6 Å². The number of rotatable bonds is 3. The lowest BCUT2D eigenvalue weighted by Crippen LogP contribution is -2.39. The molecule has 0 aliphatic carbocycles. The van der Waals surface area contributed by atoms with Crippen LogP contribution in [0.2, 0.25) is 0 Å². The summed E-state index contributed by atoms with van der Waals surface area (Å²) in [7, 11) is 0. The molecule has 0 amide bonds. The van der Waals surface area contributed by atoms with Crippen molar-refractivity contribution in [1.82, 2.24) is 20.1 Å². The second-order valence-electron chi connectivity index (χ2n) is 5.03. The van der Waals surface area contributed by atoms with E-state index in [2.05, 4.69) is 27.0 Å². The van der Waals surface area contributed by atoms with E-state index in [4.69, 9.17) is 4.74 Å². The summed E-state index contributed by atoms with van der Waals surface area (Å²) in [6.07, 6.45) is 4.64. The molecule has 1 N–H and O–H groups in total. The monoisotopic (exact) mass is 236 g/mol. The van der Waals surface area contributed by atoms with Crippen LogP contribution in [0, 0.1) is 0 Å². The van der Waals surface area contributed by atoms with Gasteiger partial charge in [-0.2, -0.15) is 0 Å². The highest BCUT2D eigenvalue weighted by atomic mass is 16.5. The Hall–Kier alpha value is -0.940. The Morgan fingerprint density at radius 2 is 2.35 bits per heavy atom. The molecule has 2 aliphatic rings. The van der Waals surface area contributed by atoms with Crippen molar-refractivity contribution in [2.45, 2.75) is 51.2 Å². The summed E-state index contributed by atoms with van der Waals surface area (Å²) >= 11 is 0. The van der Waals surface area contributed by atoms with E-state index in [1.54, 1.807) is 0 Å². The molecule has 94 valence electrons. The molecular weight excluding hydrogens is 216 g/mol. The average Bonchev–Trinajstić information content (AvgIpc) is 2.91. The maximum atomic E-state index is 5.49. The summed E-state index contributed by atoms with van der Waals surface area (Å²) in [5, 5.41) is 12.2. The molecule has 5 heteroatoms. The van der Waals surface area contributed by atoms with Gasteiger partial charge in [-0.1, -0.05) is 0 Å². The van der Waals surface area contributed by atoms with Crippen molar-refractivity contribution < 1.29 is 4.74 Å². The lowest BCUT2D eigenvalue weighted by atomic mass is 10.1. The van der Waals surface area contributed by atoms with Gasteiger partial charge in [0.25, 0.3) is 0 Å². The third-order valence-electron chi connectivity index (χ3n) is 3.67. The van der Waals surface area contributed by atoms with Crippen molar-refractivity contribution in [1.29, 1.82) is 0 Å². The largest absolute Gasteiger partial charge is 0.380 e. The Labute approximate surface area is 102 Å². The maximum Gasteiger partial charge on any atom is 0.149 e. The first-order valence-electron chi connectivity index (χ1n) is 6.60. The fourth-order valence-electron chi connectivity index (χ4n) is 2.79. The number of nitrogens with zero attached hydrogens (tertiary/aromatic N) is 3. The van der Waals surface area contributed by atoms with Crippen LogP contribution in [0.25, 0.3) is 0 Å². The molecular formula is C12H20N4O. The minimum Gasteiger partial charge on any atom is -0.380 e. The topological polar surface area (TPSA) is 52.0 Å². The molecule has 5 nitrogen and oxygen atoms in total. The molecule has 0 spiro atoms. The number of aryl methyl sites for hydroxylation is 1. The van der Waals surface area contributed by atoms with Gasteiger partial charge < -0.3 is 14.6 Å². The molecule has 2 unspecified atom stereocenters. The van der Waals surface area contributed by atoms with Crippen LogP contribution in [0.15, 0.2) is 0 Å². The van der Waals surface area contributed by atoms with Crippen molar-refractivity contribution >= 4 is 0 Å². The molecule has 1 aromatic heterocycles. The number of hydrogen-bond donors (Lipinski definition) is 1. The summed E-state index contributed by atoms with van der Waals surface area (Å²) in [4.78, 5) is 0. The normalized spacial score (nSPS) is 25.8. The van der Waals surface area contributed by atoms with Crippen molar-refractivity contribution in [2.24, 2.45) is 0 Å². The van der Waals surface area contributed by atoms with E-state index in [1.807, 2.05) is 0 Å². The van der Waals surface area contributed by atoms with Gasteiger partial charge in [-0.25, -0.2) is 0 Å². The second kappa shape index (κ2) is 4.74. The van der Waals surface area contributed by atoms with Gasteiger partial charge in [-0.3, -0.25) is 0 Å². The first-order chi connectivity index (χ1) is 8.34. The third-order valence-corrected chi connectivity index (χ3v) is 3.67. The van der Waals surface area contributed by atoms with Gasteiger partial charge >= 0.3 is 0 Å². The maximum absolute atomic E-state index is 5.49. The molecule has 0 radical (unpaired) electrons. The number of hydrogen-bond acceptors (Lipinski definition) is 4. The molecule has 0 bridgehead atoms. The average molecular weight is 236 g/mol. The van der Waals surface area contributed by atoms with Crippen LogP contribution in [0.5, 0.6) is 0 Å². The van der Waals surface area contributed by atoms with E-state index in [-0.39, 0.29) is 6.04 Å². The van der Waals surface area contributed by atoms with Crippen LogP contribution >= 0.6 is 0 Å². The van der Waals surface area contributed by atoms with Crippen LogP contribution in [-0.2, 0) is 17.7 Å². The number of aromatic nitrogens is 3. The SMILES string of the molecule is CC(NC1CCCOC1)c1nnc2n1CCC2. The highest BCUT2D eigenvalue weighted by Crippen LogP contribution is 2.20. The van der Waals surface area contributed by atoms with Gasteiger partial charge in [0.2, 0.25) is 0 Å². The highest BCUT2D eigenvalue weighted by molar-refractivity contribution is 5.04. The Morgan fingerprint density at radius 1 is 1.41 bits per heavy atom. The van der Waals surface area contributed by atoms with Crippen LogP contribution in [0.1, 0.15) is 43.9 Å². The number of ether oxygens (including phenoxy) is 1. The standard InChI is InChI=1S/C12H20N4O/c1-9(13-10-4-3-7-17-8-10)12-15-14-11-5-2-6-16(11)12/h9-10,13H,2-8H2,1H3. The smallest absolute Gasteiger partial charge is 0.149 e. The van der Waals surface area contributed by atoms with Gasteiger partial charge in [0.15, 0.2) is 0 Å². The van der Waals surface area contributed by atoms with E-state index in [1.165, 1.54) is 12.8 Å². The van der Waals surface area contributed by atoms with Crippen molar-refractivity contribution in [3.05, 3.63) is 11.6 Å². The summed E-state index contributed by atoms with van der Waals surface area (Å²) in [5.41, 5.74) is 0. The fourth-order valence-corrected chi connectivity index (χ4v) is 2.79. The van der Waals surface area contributed by atoms with Crippen LogP contribution in [0.3, 0.4) is 0 Å². The van der Waals surface area contributed by atoms with Gasteiger partial charge in [-0.15, -0.1) is 10.2 Å². The van der Waals surface area contributed by atoms with E-state index >= 15 is 0 Å². The predicted octanol–water partition coefficient (Wildman–Crippen LogP) is 1.05. The summed E-state index contributed by atoms with van der Waals surface area (Å²) in [6, 6.07) is 0.731. The molecule has 1 aromatic rings. The molecule has 1 saturated heterocycles. The van der Waals surface area contributed by atoms with Gasteiger partial charge in [0.05, 0.1) is 12.6 Å². The van der Waals surface area contributed by atoms with Crippen LogP contribution < -0.4 is 5.32 Å². The summed E-state index contributed by atoms with van der Waals surface area (Å²) in [6.45, 7) is 4.98. The van der Waals surface area contributed by atoms with E-state index in [0.29, 0.717) is 6.04 Å². The minimum absolute atomic E-state index is 0.265. The van der Waals surface area contributed by atoms with E-state index < -0.39 is 0 Å². The third kappa shape index (κ3) is 2.21. The predicted molar refractivity (Wildman–Crippen MR) is 63.7 cm³/mol. The minimum atomic E-state index is 0.265. The number of nitrogens with one attached hydrogen (secondary N) is 1. The Kier molecular flexibility index (Phi) is 3.11. The lowest BCUT2D eigenvalue weighted by Gasteiger charge is -2.26. The van der Waals surface area contributed by atoms with Crippen molar-refractivity contribution in [2.75, 3.05) is 13.2 Å². The first-order valence-corrected chi connectivity index (χ1v) is 6.60. The van der Waals surface area contributed by atoms with Gasteiger partial charge in [-0.05, 0) is 26.2 Å². The Morgan fingerprint density at radius 3 is 3.18 bits per heavy atom. The van der Waals surface area contributed by atoms with E-state index in [0.717, 1.165) is 44.2 Å². The molecule has 17 heavy (non-hydrogen) atoms. The van der Waals surface area contributed by atoms with Crippen LogP contribution in [0.4, 0.5) is 0 Å². The molecule has 0 saturated carbocycles. The summed E-state index contributed by atoms with van der Waals surface area (Å²) < 4.78 is 7.75. The zero-order valence-corrected chi connectivity index (χ0v) is 10.4. The molecule has 3 rings (SSSR count). The molecule has 2 aliphatic heterocycles. The Balaban J connectivity index is 1.66. The molecule has 1 fully saturated rings. The van der Waals surface area contributed by atoms with Crippen molar-refractivity contribution in [3.63, 3.8) is 0 Å². The zero-order chi connectivity index (χ0) is 11.7. The zero-order valence-electron chi connectivity index (χ0n) is 10.4. The second-order valence-corrected chi connectivity index (χ2v) is 5.03.